The lowest BCUT2D eigenvalue weighted by molar-refractivity contribution is 0.204. The van der Waals surface area contributed by atoms with E-state index in [0.29, 0.717) is 17.4 Å². The van der Waals surface area contributed by atoms with Crippen LogP contribution in [0, 0.1) is 11.3 Å². The van der Waals surface area contributed by atoms with Crippen LogP contribution in [0.4, 0.5) is 0 Å². The van der Waals surface area contributed by atoms with E-state index in [1.54, 1.807) is 7.11 Å². The maximum atomic E-state index is 7.65. The number of benzene rings is 1. The van der Waals surface area contributed by atoms with Gasteiger partial charge in [0.15, 0.2) is 0 Å². The van der Waals surface area contributed by atoms with Crippen molar-refractivity contribution in [1.29, 1.82) is 5.41 Å². The Balaban J connectivity index is 2.14. The highest BCUT2D eigenvalue weighted by molar-refractivity contribution is 5.97. The van der Waals surface area contributed by atoms with Crippen molar-refractivity contribution in [3.05, 3.63) is 29.3 Å². The van der Waals surface area contributed by atoms with Gasteiger partial charge in [-0.15, -0.1) is 0 Å². The number of hydrogen-bond acceptors (Lipinski definition) is 3. The molecule has 20 heavy (non-hydrogen) atoms. The molecule has 4 heteroatoms. The first-order valence-corrected chi connectivity index (χ1v) is 7.26. The number of nitrogen functional groups attached to an aromatic ring is 1. The maximum Gasteiger partial charge on any atom is 0.129 e. The van der Waals surface area contributed by atoms with E-state index in [4.69, 9.17) is 15.9 Å². The lowest BCUT2D eigenvalue weighted by Gasteiger charge is -2.26. The van der Waals surface area contributed by atoms with E-state index in [2.05, 4.69) is 24.8 Å². The van der Waals surface area contributed by atoms with E-state index in [-0.39, 0.29) is 5.84 Å². The van der Waals surface area contributed by atoms with Gasteiger partial charge in [0.1, 0.15) is 11.6 Å². The summed E-state index contributed by atoms with van der Waals surface area (Å²) in [5.41, 5.74) is 7.50. The highest BCUT2D eigenvalue weighted by Gasteiger charge is 2.25. The summed E-state index contributed by atoms with van der Waals surface area (Å²) in [5.74, 6) is 1.60. The Hall–Kier alpha value is -1.55. The van der Waals surface area contributed by atoms with Crippen LogP contribution in [0.1, 0.15) is 37.8 Å². The first kappa shape index (κ1) is 14.9. The monoisotopic (exact) mass is 275 g/mol. The Morgan fingerprint density at radius 1 is 1.45 bits per heavy atom. The average Bonchev–Trinajstić information content (AvgIpc) is 3.21. The molecule has 0 heterocycles. The molecule has 0 aromatic heterocycles. The van der Waals surface area contributed by atoms with Crippen molar-refractivity contribution in [2.45, 2.75) is 39.3 Å². The molecule has 0 spiro atoms. The van der Waals surface area contributed by atoms with Crippen LogP contribution in [0.5, 0.6) is 5.75 Å². The van der Waals surface area contributed by atoms with Gasteiger partial charge >= 0.3 is 0 Å². The standard InChI is InChI=1S/C16H25N3O/c1-11(2)19(9-12-4-5-12)10-13-6-7-15(20-3)14(8-13)16(17)18/h6-8,11-12H,4-5,9-10H2,1-3H3,(H3,17,18). The lowest BCUT2D eigenvalue weighted by atomic mass is 10.1. The number of rotatable bonds is 7. The summed E-state index contributed by atoms with van der Waals surface area (Å²) >= 11 is 0. The van der Waals surface area contributed by atoms with E-state index >= 15 is 0 Å². The highest BCUT2D eigenvalue weighted by atomic mass is 16.5. The lowest BCUT2D eigenvalue weighted by Crippen LogP contribution is -2.32. The predicted molar refractivity (Wildman–Crippen MR) is 82.3 cm³/mol. The van der Waals surface area contributed by atoms with Gasteiger partial charge in [0, 0.05) is 19.1 Å². The molecule has 0 unspecified atom stereocenters. The fraction of sp³-hybridized carbons (Fsp3) is 0.562. The second-order valence-electron chi connectivity index (χ2n) is 5.91. The molecule has 1 aromatic carbocycles. The first-order valence-electron chi connectivity index (χ1n) is 7.26. The molecule has 0 amide bonds. The summed E-state index contributed by atoms with van der Waals surface area (Å²) in [6.07, 6.45) is 2.73. The predicted octanol–water partition coefficient (Wildman–Crippen LogP) is 2.60. The van der Waals surface area contributed by atoms with Crippen molar-refractivity contribution < 1.29 is 4.74 Å². The zero-order valence-corrected chi connectivity index (χ0v) is 12.6. The summed E-state index contributed by atoms with van der Waals surface area (Å²) < 4.78 is 5.25. The number of amidine groups is 1. The Morgan fingerprint density at radius 3 is 2.65 bits per heavy atom. The van der Waals surface area contributed by atoms with E-state index < -0.39 is 0 Å². The van der Waals surface area contributed by atoms with Crippen molar-refractivity contribution in [3.63, 3.8) is 0 Å². The molecule has 0 bridgehead atoms. The summed E-state index contributed by atoms with van der Waals surface area (Å²) in [4.78, 5) is 2.49. The van der Waals surface area contributed by atoms with Gasteiger partial charge in [-0.2, -0.15) is 0 Å². The van der Waals surface area contributed by atoms with Gasteiger partial charge in [-0.3, -0.25) is 10.3 Å². The van der Waals surface area contributed by atoms with Gasteiger partial charge in [-0.25, -0.2) is 0 Å². The van der Waals surface area contributed by atoms with Crippen LogP contribution in [-0.2, 0) is 6.54 Å². The molecule has 2 rings (SSSR count). The summed E-state index contributed by atoms with van der Waals surface area (Å²) in [7, 11) is 1.61. The quantitative estimate of drug-likeness (QED) is 0.594. The Labute approximate surface area is 121 Å². The van der Waals surface area contributed by atoms with Crippen molar-refractivity contribution in [1.82, 2.24) is 4.90 Å². The Kier molecular flexibility index (Phi) is 4.65. The maximum absolute atomic E-state index is 7.65. The van der Waals surface area contributed by atoms with Crippen LogP contribution in [0.15, 0.2) is 18.2 Å². The summed E-state index contributed by atoms with van der Waals surface area (Å²) in [6.45, 7) is 6.53. The number of nitrogens with one attached hydrogen (secondary N) is 1. The molecule has 1 fully saturated rings. The third-order valence-electron chi connectivity index (χ3n) is 3.86. The molecular formula is C16H25N3O. The van der Waals surface area contributed by atoms with Crippen LogP contribution < -0.4 is 10.5 Å². The Morgan fingerprint density at radius 2 is 2.15 bits per heavy atom. The molecule has 1 aliphatic carbocycles. The minimum absolute atomic E-state index is 0.0574. The first-order chi connectivity index (χ1) is 9.51. The fourth-order valence-corrected chi connectivity index (χ4v) is 2.39. The van der Waals surface area contributed by atoms with Gasteiger partial charge in [0.25, 0.3) is 0 Å². The topological polar surface area (TPSA) is 62.3 Å². The van der Waals surface area contributed by atoms with Crippen LogP contribution >= 0.6 is 0 Å². The number of nitrogens with two attached hydrogens (primary N) is 1. The minimum Gasteiger partial charge on any atom is -0.496 e. The smallest absolute Gasteiger partial charge is 0.129 e. The third-order valence-corrected chi connectivity index (χ3v) is 3.86. The van der Waals surface area contributed by atoms with Gasteiger partial charge in [0.05, 0.1) is 12.7 Å². The molecule has 4 nitrogen and oxygen atoms in total. The van der Waals surface area contributed by atoms with E-state index in [1.807, 2.05) is 12.1 Å². The van der Waals surface area contributed by atoms with Gasteiger partial charge < -0.3 is 10.5 Å². The van der Waals surface area contributed by atoms with E-state index in [9.17, 15) is 0 Å². The van der Waals surface area contributed by atoms with Crippen molar-refractivity contribution >= 4 is 5.84 Å². The van der Waals surface area contributed by atoms with Crippen LogP contribution in [0.25, 0.3) is 0 Å². The normalized spacial score (nSPS) is 14.8. The molecule has 0 radical (unpaired) electrons. The molecule has 1 aliphatic rings. The Bertz CT molecular complexity index is 481. The largest absolute Gasteiger partial charge is 0.496 e. The third kappa shape index (κ3) is 3.73. The average molecular weight is 275 g/mol. The van der Waals surface area contributed by atoms with E-state index in [1.165, 1.54) is 24.9 Å². The molecule has 0 aliphatic heterocycles. The van der Waals surface area contributed by atoms with Crippen LogP contribution in [-0.4, -0.2) is 30.4 Å². The fourth-order valence-electron chi connectivity index (χ4n) is 2.39. The number of ether oxygens (including phenoxy) is 1. The molecule has 3 N–H and O–H groups in total. The van der Waals surface area contributed by atoms with Gasteiger partial charge in [-0.05, 0) is 50.3 Å². The zero-order valence-electron chi connectivity index (χ0n) is 12.6. The second kappa shape index (κ2) is 6.27. The molecular weight excluding hydrogens is 250 g/mol. The van der Waals surface area contributed by atoms with Crippen LogP contribution in [0.3, 0.4) is 0 Å². The summed E-state index contributed by atoms with van der Waals surface area (Å²) in [5, 5.41) is 7.65. The highest BCUT2D eigenvalue weighted by Crippen LogP contribution is 2.31. The number of methoxy groups -OCH3 is 1. The summed E-state index contributed by atoms with van der Waals surface area (Å²) in [6, 6.07) is 6.47. The van der Waals surface area contributed by atoms with Crippen molar-refractivity contribution in [3.8, 4) is 5.75 Å². The number of hydrogen-bond donors (Lipinski definition) is 2. The second-order valence-corrected chi connectivity index (χ2v) is 5.91. The molecule has 1 aromatic rings. The minimum atomic E-state index is 0.0574. The van der Waals surface area contributed by atoms with Crippen LogP contribution in [0.2, 0.25) is 0 Å². The SMILES string of the molecule is COc1ccc(CN(CC2CC2)C(C)C)cc1C(=N)N. The zero-order chi connectivity index (χ0) is 14.7. The van der Waals surface area contributed by atoms with Gasteiger partial charge in [-0.1, -0.05) is 6.07 Å². The number of nitrogens with zero attached hydrogens (tertiary/aromatic N) is 1. The molecule has 1 saturated carbocycles. The molecule has 0 atom stereocenters. The van der Waals surface area contributed by atoms with Crippen molar-refractivity contribution in [2.24, 2.45) is 11.7 Å². The molecule has 110 valence electrons. The molecule has 0 saturated heterocycles. The van der Waals surface area contributed by atoms with Crippen molar-refractivity contribution in [2.75, 3.05) is 13.7 Å². The van der Waals surface area contributed by atoms with Gasteiger partial charge in [0.2, 0.25) is 0 Å². The van der Waals surface area contributed by atoms with E-state index in [0.717, 1.165) is 12.5 Å².